The van der Waals surface area contributed by atoms with Crippen molar-refractivity contribution in [2.75, 3.05) is 16.8 Å². The van der Waals surface area contributed by atoms with Crippen LogP contribution >= 0.6 is 22.9 Å². The van der Waals surface area contributed by atoms with Crippen LogP contribution < -0.4 is 15.0 Å². The first kappa shape index (κ1) is 23.0. The number of hydrogen-bond acceptors (Lipinski definition) is 6. The first-order valence-electron chi connectivity index (χ1n) is 11.0. The van der Waals surface area contributed by atoms with Crippen molar-refractivity contribution in [2.24, 2.45) is 0 Å². The number of pyridine rings is 1. The third-order valence-electron chi connectivity index (χ3n) is 5.67. The Bertz CT molecular complexity index is 1410. The molecule has 3 heterocycles. The van der Waals surface area contributed by atoms with Gasteiger partial charge in [-0.05, 0) is 68.4 Å². The van der Waals surface area contributed by atoms with Gasteiger partial charge in [-0.15, -0.1) is 11.3 Å². The SMILES string of the molecule is Cc1sc(-c2ccccn2)nc1-c1ccc2c(c1)N(C(C)C(=O)Nc1ccc(Cl)cc1)C(=O)CO2. The lowest BCUT2D eigenvalue weighted by atomic mass is 10.1. The summed E-state index contributed by atoms with van der Waals surface area (Å²) < 4.78 is 5.66. The lowest BCUT2D eigenvalue weighted by molar-refractivity contribution is -0.125. The van der Waals surface area contributed by atoms with E-state index in [0.29, 0.717) is 22.1 Å². The molecule has 1 atom stereocenters. The number of carbonyl (C=O) groups excluding carboxylic acids is 2. The predicted molar refractivity (Wildman–Crippen MR) is 138 cm³/mol. The first-order chi connectivity index (χ1) is 16.9. The molecule has 1 N–H and O–H groups in total. The molecule has 9 heteroatoms. The van der Waals surface area contributed by atoms with E-state index in [-0.39, 0.29) is 18.4 Å². The van der Waals surface area contributed by atoms with Crippen molar-refractivity contribution < 1.29 is 14.3 Å². The minimum absolute atomic E-state index is 0.134. The Kier molecular flexibility index (Phi) is 6.23. The number of amides is 2. The molecule has 0 saturated heterocycles. The van der Waals surface area contributed by atoms with Crippen LogP contribution in [0.5, 0.6) is 5.75 Å². The second-order valence-electron chi connectivity index (χ2n) is 8.05. The molecule has 1 aliphatic rings. The number of halogens is 1. The lowest BCUT2D eigenvalue weighted by Crippen LogP contribution is -2.49. The molecule has 2 aromatic heterocycles. The molecule has 1 aliphatic heterocycles. The topological polar surface area (TPSA) is 84.4 Å². The van der Waals surface area contributed by atoms with Gasteiger partial charge < -0.3 is 10.1 Å². The summed E-state index contributed by atoms with van der Waals surface area (Å²) in [5, 5.41) is 4.23. The molecule has 35 heavy (non-hydrogen) atoms. The van der Waals surface area contributed by atoms with Gasteiger partial charge in [-0.3, -0.25) is 19.5 Å². The number of anilines is 2. The van der Waals surface area contributed by atoms with Crippen LogP contribution in [0.25, 0.3) is 22.0 Å². The third-order valence-corrected chi connectivity index (χ3v) is 6.92. The molecule has 7 nitrogen and oxygen atoms in total. The van der Waals surface area contributed by atoms with E-state index in [1.54, 1.807) is 48.7 Å². The fraction of sp³-hybridized carbons (Fsp3) is 0.154. The van der Waals surface area contributed by atoms with Crippen LogP contribution in [0.3, 0.4) is 0 Å². The van der Waals surface area contributed by atoms with Gasteiger partial charge in [0, 0.05) is 27.3 Å². The third kappa shape index (κ3) is 4.62. The second kappa shape index (κ2) is 9.48. The molecule has 0 aliphatic carbocycles. The molecule has 2 aromatic carbocycles. The van der Waals surface area contributed by atoms with E-state index in [0.717, 1.165) is 26.8 Å². The Balaban J connectivity index is 1.47. The second-order valence-corrected chi connectivity index (χ2v) is 9.69. The molecular weight excluding hydrogens is 484 g/mol. The van der Waals surface area contributed by atoms with Crippen LogP contribution in [0.1, 0.15) is 11.8 Å². The molecule has 0 fully saturated rings. The Morgan fingerprint density at radius 3 is 2.71 bits per heavy atom. The molecule has 1 unspecified atom stereocenters. The number of fused-ring (bicyclic) bond motifs is 1. The predicted octanol–water partition coefficient (Wildman–Crippen LogP) is 5.59. The van der Waals surface area contributed by atoms with Gasteiger partial charge in [0.1, 0.15) is 16.8 Å². The van der Waals surface area contributed by atoms with E-state index in [4.69, 9.17) is 21.3 Å². The summed E-state index contributed by atoms with van der Waals surface area (Å²) >= 11 is 7.49. The van der Waals surface area contributed by atoms with Crippen molar-refractivity contribution >= 4 is 46.1 Å². The lowest BCUT2D eigenvalue weighted by Gasteiger charge is -2.33. The number of nitrogens with zero attached hydrogens (tertiary/aromatic N) is 3. The van der Waals surface area contributed by atoms with E-state index >= 15 is 0 Å². The number of aromatic nitrogens is 2. The van der Waals surface area contributed by atoms with Gasteiger partial charge in [0.2, 0.25) is 5.91 Å². The van der Waals surface area contributed by atoms with E-state index in [1.807, 2.05) is 43.3 Å². The molecule has 0 radical (unpaired) electrons. The van der Waals surface area contributed by atoms with E-state index < -0.39 is 6.04 Å². The van der Waals surface area contributed by atoms with E-state index in [1.165, 1.54) is 4.90 Å². The molecule has 4 aromatic rings. The summed E-state index contributed by atoms with van der Waals surface area (Å²) in [5.41, 5.74) is 3.56. The minimum Gasteiger partial charge on any atom is -0.482 e. The van der Waals surface area contributed by atoms with Gasteiger partial charge in [0.15, 0.2) is 6.61 Å². The van der Waals surface area contributed by atoms with Gasteiger partial charge in [-0.25, -0.2) is 4.98 Å². The van der Waals surface area contributed by atoms with Crippen LogP contribution in [-0.4, -0.2) is 34.4 Å². The number of ether oxygens (including phenoxy) is 1. The maximum Gasteiger partial charge on any atom is 0.265 e. The standard InChI is InChI=1S/C26H21ClN4O3S/c1-15(25(33)29-19-9-7-18(27)8-10-19)31-21-13-17(6-11-22(21)34-14-23(31)32)24-16(2)35-26(30-24)20-5-3-4-12-28-20/h3-13,15H,14H2,1-2H3,(H,29,33). The number of benzene rings is 2. The number of aryl methyl sites for hydroxylation is 1. The van der Waals surface area contributed by atoms with Gasteiger partial charge in [-0.1, -0.05) is 17.7 Å². The highest BCUT2D eigenvalue weighted by atomic mass is 35.5. The highest BCUT2D eigenvalue weighted by molar-refractivity contribution is 7.15. The Morgan fingerprint density at radius 2 is 1.97 bits per heavy atom. The summed E-state index contributed by atoms with van der Waals surface area (Å²) in [7, 11) is 0. The Hall–Kier alpha value is -3.75. The number of carbonyl (C=O) groups is 2. The van der Waals surface area contributed by atoms with Crippen molar-refractivity contribution in [1.29, 1.82) is 0 Å². The Labute approximate surface area is 211 Å². The molecule has 0 spiro atoms. The average Bonchev–Trinajstić information content (AvgIpc) is 3.26. The van der Waals surface area contributed by atoms with Gasteiger partial charge in [-0.2, -0.15) is 0 Å². The normalized spacial score (nSPS) is 13.7. The van der Waals surface area contributed by atoms with Gasteiger partial charge in [0.25, 0.3) is 5.91 Å². The zero-order valence-electron chi connectivity index (χ0n) is 19.0. The molecular formula is C26H21ClN4O3S. The quantitative estimate of drug-likeness (QED) is 0.383. The summed E-state index contributed by atoms with van der Waals surface area (Å²) in [6, 6.07) is 17.3. The van der Waals surface area contributed by atoms with Crippen LogP contribution in [0.15, 0.2) is 66.9 Å². The van der Waals surface area contributed by atoms with Gasteiger partial charge >= 0.3 is 0 Å². The van der Waals surface area contributed by atoms with E-state index in [9.17, 15) is 9.59 Å². The Morgan fingerprint density at radius 1 is 1.17 bits per heavy atom. The molecule has 0 saturated carbocycles. The summed E-state index contributed by atoms with van der Waals surface area (Å²) in [5.74, 6) is -0.0730. The van der Waals surface area contributed by atoms with Crippen LogP contribution in [-0.2, 0) is 9.59 Å². The number of thiazole rings is 1. The monoisotopic (exact) mass is 504 g/mol. The number of hydrogen-bond donors (Lipinski definition) is 1. The van der Waals surface area contributed by atoms with Crippen molar-refractivity contribution in [2.45, 2.75) is 19.9 Å². The average molecular weight is 505 g/mol. The molecule has 0 bridgehead atoms. The first-order valence-corrected chi connectivity index (χ1v) is 12.1. The maximum atomic E-state index is 13.0. The maximum absolute atomic E-state index is 13.0. The van der Waals surface area contributed by atoms with Crippen LogP contribution in [0.2, 0.25) is 5.02 Å². The summed E-state index contributed by atoms with van der Waals surface area (Å²) in [6.45, 7) is 3.56. The number of nitrogens with one attached hydrogen (secondary N) is 1. The molecule has 5 rings (SSSR count). The largest absolute Gasteiger partial charge is 0.482 e. The van der Waals surface area contributed by atoms with E-state index in [2.05, 4.69) is 10.3 Å². The van der Waals surface area contributed by atoms with Crippen LogP contribution in [0.4, 0.5) is 11.4 Å². The van der Waals surface area contributed by atoms with Crippen molar-refractivity contribution in [1.82, 2.24) is 9.97 Å². The number of rotatable bonds is 5. The van der Waals surface area contributed by atoms with Crippen molar-refractivity contribution in [3.05, 3.63) is 76.8 Å². The zero-order chi connectivity index (χ0) is 24.5. The minimum atomic E-state index is -0.767. The van der Waals surface area contributed by atoms with Crippen LogP contribution in [0, 0.1) is 6.92 Å². The van der Waals surface area contributed by atoms with Crippen molar-refractivity contribution in [3.63, 3.8) is 0 Å². The fourth-order valence-corrected chi connectivity index (χ4v) is 4.94. The van der Waals surface area contributed by atoms with Gasteiger partial charge in [0.05, 0.1) is 17.1 Å². The summed E-state index contributed by atoms with van der Waals surface area (Å²) in [4.78, 5) is 37.6. The van der Waals surface area contributed by atoms with Crippen molar-refractivity contribution in [3.8, 4) is 27.7 Å². The smallest absolute Gasteiger partial charge is 0.265 e. The summed E-state index contributed by atoms with van der Waals surface area (Å²) in [6.07, 6.45) is 1.74. The zero-order valence-corrected chi connectivity index (χ0v) is 20.6. The highest BCUT2D eigenvalue weighted by Gasteiger charge is 2.33. The molecule has 176 valence electrons. The highest BCUT2D eigenvalue weighted by Crippen LogP contribution is 2.39. The fourth-order valence-electron chi connectivity index (χ4n) is 3.90. The molecule has 2 amide bonds.